The largest absolute Gasteiger partial charge is 0.307 e. The lowest BCUT2D eigenvalue weighted by Gasteiger charge is -2.05. The molecule has 0 atom stereocenters. The Morgan fingerprint density at radius 1 is 1.11 bits per heavy atom. The third-order valence-electron chi connectivity index (χ3n) is 2.47. The SMILES string of the molecule is Cc1cc(C)nc(/N=C(\NN)c2cnc(C)cn2)c1. The minimum atomic E-state index is 0.435. The molecule has 0 aromatic carbocycles. The monoisotopic (exact) mass is 256 g/mol. The van der Waals surface area contributed by atoms with Gasteiger partial charge < -0.3 is 5.43 Å². The van der Waals surface area contributed by atoms with Crippen molar-refractivity contribution >= 4 is 11.7 Å². The molecule has 2 aromatic rings. The van der Waals surface area contributed by atoms with Crippen molar-refractivity contribution in [3.05, 3.63) is 47.2 Å². The Kier molecular flexibility index (Phi) is 3.82. The number of hydrogen-bond acceptors (Lipinski definition) is 5. The van der Waals surface area contributed by atoms with Gasteiger partial charge in [0.1, 0.15) is 5.69 Å². The summed E-state index contributed by atoms with van der Waals surface area (Å²) in [5, 5.41) is 0. The smallest absolute Gasteiger partial charge is 0.170 e. The van der Waals surface area contributed by atoms with E-state index < -0.39 is 0 Å². The Bertz CT molecular complexity index is 583. The number of aromatic nitrogens is 3. The first-order valence-corrected chi connectivity index (χ1v) is 5.88. The standard InChI is InChI=1S/C13H16N6/c1-8-4-9(2)17-12(5-8)18-13(19-14)11-7-15-10(3)6-16-11/h4-7H,14H2,1-3H3,(H,17,18,19). The van der Waals surface area contributed by atoms with Crippen LogP contribution in [0.2, 0.25) is 0 Å². The average molecular weight is 256 g/mol. The molecule has 6 nitrogen and oxygen atoms in total. The highest BCUT2D eigenvalue weighted by molar-refractivity contribution is 5.97. The van der Waals surface area contributed by atoms with Gasteiger partial charge in [-0.25, -0.2) is 20.8 Å². The summed E-state index contributed by atoms with van der Waals surface area (Å²) >= 11 is 0. The Morgan fingerprint density at radius 2 is 1.89 bits per heavy atom. The molecule has 2 rings (SSSR count). The number of amidine groups is 1. The summed E-state index contributed by atoms with van der Waals surface area (Å²) in [6, 6.07) is 3.87. The molecule has 19 heavy (non-hydrogen) atoms. The van der Waals surface area contributed by atoms with E-state index in [0.717, 1.165) is 17.0 Å². The molecule has 2 heterocycles. The topological polar surface area (TPSA) is 89.1 Å². The quantitative estimate of drug-likeness (QED) is 0.366. The maximum absolute atomic E-state index is 5.49. The lowest BCUT2D eigenvalue weighted by molar-refractivity contribution is 0.992. The lowest BCUT2D eigenvalue weighted by Crippen LogP contribution is -2.31. The molecule has 0 aliphatic carbocycles. The predicted molar refractivity (Wildman–Crippen MR) is 74.0 cm³/mol. The van der Waals surface area contributed by atoms with E-state index >= 15 is 0 Å². The van der Waals surface area contributed by atoms with E-state index in [9.17, 15) is 0 Å². The van der Waals surface area contributed by atoms with E-state index in [1.165, 1.54) is 0 Å². The summed E-state index contributed by atoms with van der Waals surface area (Å²) in [4.78, 5) is 17.1. The second-order valence-electron chi connectivity index (χ2n) is 4.29. The zero-order valence-electron chi connectivity index (χ0n) is 11.2. The molecule has 2 aromatic heterocycles. The van der Waals surface area contributed by atoms with Gasteiger partial charge in [0.05, 0.1) is 11.9 Å². The van der Waals surface area contributed by atoms with Crippen molar-refractivity contribution < 1.29 is 0 Å². The van der Waals surface area contributed by atoms with Gasteiger partial charge in [-0.3, -0.25) is 4.98 Å². The van der Waals surface area contributed by atoms with Crippen molar-refractivity contribution in [2.75, 3.05) is 0 Å². The van der Waals surface area contributed by atoms with Crippen molar-refractivity contribution in [3.63, 3.8) is 0 Å². The van der Waals surface area contributed by atoms with E-state index in [4.69, 9.17) is 5.84 Å². The molecular formula is C13H16N6. The molecule has 6 heteroatoms. The van der Waals surface area contributed by atoms with Crippen LogP contribution in [0, 0.1) is 20.8 Å². The molecule has 0 fully saturated rings. The maximum atomic E-state index is 5.49. The molecule has 0 saturated carbocycles. The second-order valence-corrected chi connectivity index (χ2v) is 4.29. The molecule has 3 N–H and O–H groups in total. The first kappa shape index (κ1) is 13.1. The number of aryl methyl sites for hydroxylation is 3. The van der Waals surface area contributed by atoms with E-state index in [2.05, 4.69) is 25.4 Å². The predicted octanol–water partition coefficient (Wildman–Crippen LogP) is 1.34. The number of nitrogens with zero attached hydrogens (tertiary/aromatic N) is 4. The number of rotatable bonds is 2. The van der Waals surface area contributed by atoms with Gasteiger partial charge in [-0.15, -0.1) is 0 Å². The molecule has 0 spiro atoms. The third-order valence-corrected chi connectivity index (χ3v) is 2.47. The first-order chi connectivity index (χ1) is 9.08. The van der Waals surface area contributed by atoms with Crippen LogP contribution in [0.5, 0.6) is 0 Å². The van der Waals surface area contributed by atoms with Crippen LogP contribution >= 0.6 is 0 Å². The van der Waals surface area contributed by atoms with Crippen LogP contribution in [0.4, 0.5) is 5.82 Å². The molecule has 0 aliphatic rings. The van der Waals surface area contributed by atoms with Gasteiger partial charge in [0, 0.05) is 11.9 Å². The molecule has 0 unspecified atom stereocenters. The summed E-state index contributed by atoms with van der Waals surface area (Å²) in [5.74, 6) is 6.52. The van der Waals surface area contributed by atoms with E-state index in [0.29, 0.717) is 17.3 Å². The van der Waals surface area contributed by atoms with Gasteiger partial charge in [0.15, 0.2) is 11.7 Å². The van der Waals surface area contributed by atoms with Gasteiger partial charge in [0.25, 0.3) is 0 Å². The van der Waals surface area contributed by atoms with Crippen molar-refractivity contribution in [1.29, 1.82) is 0 Å². The highest BCUT2D eigenvalue weighted by atomic mass is 15.3. The normalized spacial score (nSPS) is 11.5. The van der Waals surface area contributed by atoms with Gasteiger partial charge >= 0.3 is 0 Å². The third kappa shape index (κ3) is 3.32. The molecule has 98 valence electrons. The van der Waals surface area contributed by atoms with Crippen LogP contribution in [0.15, 0.2) is 29.5 Å². The van der Waals surface area contributed by atoms with Crippen molar-refractivity contribution in [1.82, 2.24) is 20.4 Å². The molecule has 0 radical (unpaired) electrons. The lowest BCUT2D eigenvalue weighted by atomic mass is 10.2. The summed E-state index contributed by atoms with van der Waals surface area (Å²) in [6.07, 6.45) is 3.29. The molecule has 0 bridgehead atoms. The van der Waals surface area contributed by atoms with Gasteiger partial charge in [-0.1, -0.05) is 0 Å². The number of pyridine rings is 1. The molecule has 0 aliphatic heterocycles. The number of nitrogens with one attached hydrogen (secondary N) is 1. The zero-order valence-corrected chi connectivity index (χ0v) is 11.2. The van der Waals surface area contributed by atoms with Crippen molar-refractivity contribution in [3.8, 4) is 0 Å². The number of aliphatic imine (C=N–C) groups is 1. The molecular weight excluding hydrogens is 240 g/mol. The highest BCUT2D eigenvalue weighted by Gasteiger charge is 2.05. The van der Waals surface area contributed by atoms with Crippen LogP contribution < -0.4 is 11.3 Å². The van der Waals surface area contributed by atoms with Crippen molar-refractivity contribution in [2.45, 2.75) is 20.8 Å². The Balaban J connectivity index is 2.40. The Hall–Kier alpha value is -2.34. The minimum absolute atomic E-state index is 0.435. The summed E-state index contributed by atoms with van der Waals surface area (Å²) < 4.78 is 0. The van der Waals surface area contributed by atoms with Crippen LogP contribution in [0.3, 0.4) is 0 Å². The number of nitrogens with two attached hydrogens (primary N) is 1. The van der Waals surface area contributed by atoms with Crippen molar-refractivity contribution in [2.24, 2.45) is 10.8 Å². The van der Waals surface area contributed by atoms with Gasteiger partial charge in [-0.2, -0.15) is 0 Å². The summed E-state index contributed by atoms with van der Waals surface area (Å²) in [6.45, 7) is 5.79. The number of hydrogen-bond donors (Lipinski definition) is 2. The first-order valence-electron chi connectivity index (χ1n) is 5.88. The van der Waals surface area contributed by atoms with Crippen LogP contribution in [0.25, 0.3) is 0 Å². The van der Waals surface area contributed by atoms with Gasteiger partial charge in [-0.05, 0) is 38.5 Å². The van der Waals surface area contributed by atoms with E-state index in [1.54, 1.807) is 12.4 Å². The highest BCUT2D eigenvalue weighted by Crippen LogP contribution is 2.13. The van der Waals surface area contributed by atoms with Crippen LogP contribution in [0.1, 0.15) is 22.6 Å². The second kappa shape index (κ2) is 5.53. The van der Waals surface area contributed by atoms with Gasteiger partial charge in [0.2, 0.25) is 0 Å². The van der Waals surface area contributed by atoms with Crippen LogP contribution in [-0.4, -0.2) is 20.8 Å². The molecule has 0 saturated heterocycles. The molecule has 0 amide bonds. The summed E-state index contributed by atoms with van der Waals surface area (Å²) in [7, 11) is 0. The van der Waals surface area contributed by atoms with E-state index in [1.807, 2.05) is 32.9 Å². The average Bonchev–Trinajstić information content (AvgIpc) is 2.36. The number of hydrazine groups is 1. The fourth-order valence-corrected chi connectivity index (χ4v) is 1.67. The zero-order chi connectivity index (χ0) is 13.8. The summed E-state index contributed by atoms with van der Waals surface area (Å²) in [5.41, 5.74) is 5.95. The maximum Gasteiger partial charge on any atom is 0.170 e. The Morgan fingerprint density at radius 3 is 2.47 bits per heavy atom. The Labute approximate surface area is 111 Å². The minimum Gasteiger partial charge on any atom is -0.307 e. The fourth-order valence-electron chi connectivity index (χ4n) is 1.67. The van der Waals surface area contributed by atoms with Crippen LogP contribution in [-0.2, 0) is 0 Å². The van der Waals surface area contributed by atoms with E-state index in [-0.39, 0.29) is 0 Å². The fraction of sp³-hybridized carbons (Fsp3) is 0.231.